The SMILES string of the molecule is O=C(NC1CCN(CC(F)(F)F)C1=O)c1ccn(C2CCCNC2)n1. The van der Waals surface area contributed by atoms with Crippen molar-refractivity contribution in [2.75, 3.05) is 26.2 Å². The molecule has 138 valence electrons. The van der Waals surface area contributed by atoms with Gasteiger partial charge in [-0.05, 0) is 31.9 Å². The van der Waals surface area contributed by atoms with Crippen molar-refractivity contribution < 1.29 is 22.8 Å². The minimum absolute atomic E-state index is 0.0223. The van der Waals surface area contributed by atoms with Crippen LogP contribution in [0.2, 0.25) is 0 Å². The number of rotatable bonds is 4. The summed E-state index contributed by atoms with van der Waals surface area (Å²) in [6.45, 7) is 0.423. The molecule has 7 nitrogen and oxygen atoms in total. The Morgan fingerprint density at radius 3 is 2.88 bits per heavy atom. The van der Waals surface area contributed by atoms with Gasteiger partial charge in [0, 0.05) is 19.3 Å². The summed E-state index contributed by atoms with van der Waals surface area (Å²) in [4.78, 5) is 24.9. The van der Waals surface area contributed by atoms with E-state index in [0.717, 1.165) is 30.8 Å². The van der Waals surface area contributed by atoms with E-state index in [1.54, 1.807) is 16.9 Å². The van der Waals surface area contributed by atoms with E-state index in [1.165, 1.54) is 0 Å². The molecule has 3 heterocycles. The van der Waals surface area contributed by atoms with Crippen LogP contribution >= 0.6 is 0 Å². The van der Waals surface area contributed by atoms with E-state index in [0.29, 0.717) is 0 Å². The van der Waals surface area contributed by atoms with Crippen LogP contribution in [-0.2, 0) is 4.79 Å². The van der Waals surface area contributed by atoms with Crippen LogP contribution in [0.4, 0.5) is 13.2 Å². The molecule has 0 saturated carbocycles. The molecule has 25 heavy (non-hydrogen) atoms. The highest BCUT2D eigenvalue weighted by Crippen LogP contribution is 2.21. The molecule has 2 saturated heterocycles. The Hall–Kier alpha value is -2.10. The quantitative estimate of drug-likeness (QED) is 0.830. The van der Waals surface area contributed by atoms with Gasteiger partial charge in [-0.25, -0.2) is 0 Å². The molecule has 1 aromatic heterocycles. The average Bonchev–Trinajstić information content (AvgIpc) is 3.17. The average molecular weight is 359 g/mol. The summed E-state index contributed by atoms with van der Waals surface area (Å²) in [5.74, 6) is -1.25. The van der Waals surface area contributed by atoms with Crippen molar-refractivity contribution in [3.05, 3.63) is 18.0 Å². The molecule has 0 radical (unpaired) electrons. The number of nitrogens with one attached hydrogen (secondary N) is 2. The van der Waals surface area contributed by atoms with Gasteiger partial charge >= 0.3 is 6.18 Å². The highest BCUT2D eigenvalue weighted by molar-refractivity contribution is 5.96. The third kappa shape index (κ3) is 4.30. The summed E-state index contributed by atoms with van der Waals surface area (Å²) in [6.07, 6.45) is -0.588. The molecule has 2 aliphatic heterocycles. The Balaban J connectivity index is 1.57. The van der Waals surface area contributed by atoms with Crippen LogP contribution in [0.5, 0.6) is 0 Å². The molecule has 3 rings (SSSR count). The molecular formula is C15H20F3N5O2. The van der Waals surface area contributed by atoms with Gasteiger partial charge in [0.15, 0.2) is 0 Å². The molecule has 2 amide bonds. The second kappa shape index (κ2) is 7.03. The number of likely N-dealkylation sites (tertiary alicyclic amines) is 1. The van der Waals surface area contributed by atoms with Gasteiger partial charge < -0.3 is 15.5 Å². The van der Waals surface area contributed by atoms with E-state index in [4.69, 9.17) is 0 Å². The zero-order valence-corrected chi connectivity index (χ0v) is 13.6. The normalized spacial score (nSPS) is 24.6. The Kier molecular flexibility index (Phi) is 4.98. The Bertz CT molecular complexity index is 639. The predicted octanol–water partition coefficient (Wildman–Crippen LogP) is 0.701. The van der Waals surface area contributed by atoms with Crippen LogP contribution < -0.4 is 10.6 Å². The largest absolute Gasteiger partial charge is 0.406 e. The van der Waals surface area contributed by atoms with Gasteiger partial charge in [0.25, 0.3) is 5.91 Å². The van der Waals surface area contributed by atoms with Gasteiger partial charge in [0.2, 0.25) is 5.91 Å². The second-order valence-electron chi connectivity index (χ2n) is 6.37. The van der Waals surface area contributed by atoms with Crippen molar-refractivity contribution in [3.8, 4) is 0 Å². The third-order valence-corrected chi connectivity index (χ3v) is 4.46. The van der Waals surface area contributed by atoms with Crippen LogP contribution in [0.25, 0.3) is 0 Å². The predicted molar refractivity (Wildman–Crippen MR) is 81.9 cm³/mol. The summed E-state index contributed by atoms with van der Waals surface area (Å²) < 4.78 is 39.0. The molecule has 10 heteroatoms. The van der Waals surface area contributed by atoms with Crippen LogP contribution in [0.15, 0.2) is 12.3 Å². The van der Waals surface area contributed by atoms with Gasteiger partial charge in [-0.1, -0.05) is 0 Å². The number of aromatic nitrogens is 2. The minimum atomic E-state index is -4.44. The molecule has 2 aliphatic rings. The highest BCUT2D eigenvalue weighted by atomic mass is 19.4. The lowest BCUT2D eigenvalue weighted by Gasteiger charge is -2.22. The second-order valence-corrected chi connectivity index (χ2v) is 6.37. The van der Waals surface area contributed by atoms with Gasteiger partial charge in [-0.3, -0.25) is 14.3 Å². The summed E-state index contributed by atoms with van der Waals surface area (Å²) in [7, 11) is 0. The first-order chi connectivity index (χ1) is 11.8. The third-order valence-electron chi connectivity index (χ3n) is 4.46. The maximum Gasteiger partial charge on any atom is 0.406 e. The van der Waals surface area contributed by atoms with E-state index < -0.39 is 30.6 Å². The van der Waals surface area contributed by atoms with E-state index in [-0.39, 0.29) is 24.7 Å². The van der Waals surface area contributed by atoms with Gasteiger partial charge in [0.05, 0.1) is 6.04 Å². The fourth-order valence-corrected chi connectivity index (χ4v) is 3.20. The number of hydrogen-bond acceptors (Lipinski definition) is 4. The number of amides is 2. The first-order valence-corrected chi connectivity index (χ1v) is 8.26. The fraction of sp³-hybridized carbons (Fsp3) is 0.667. The van der Waals surface area contributed by atoms with Crippen molar-refractivity contribution in [1.82, 2.24) is 25.3 Å². The standard InChI is InChI=1S/C15H20F3N5O2/c16-15(17,18)9-22-6-3-12(14(22)25)20-13(24)11-4-7-23(21-11)10-2-1-5-19-8-10/h4,7,10,12,19H,1-3,5-6,8-9H2,(H,20,24). The molecule has 2 fully saturated rings. The van der Waals surface area contributed by atoms with Gasteiger partial charge in [0.1, 0.15) is 18.3 Å². The molecule has 2 atom stereocenters. The lowest BCUT2D eigenvalue weighted by molar-refractivity contribution is -0.157. The first kappa shape index (κ1) is 17.7. The van der Waals surface area contributed by atoms with Crippen molar-refractivity contribution in [2.24, 2.45) is 0 Å². The number of alkyl halides is 3. The van der Waals surface area contributed by atoms with E-state index >= 15 is 0 Å². The molecule has 1 aromatic rings. The van der Waals surface area contributed by atoms with Crippen molar-refractivity contribution in [1.29, 1.82) is 0 Å². The molecule has 2 N–H and O–H groups in total. The van der Waals surface area contributed by atoms with Gasteiger partial charge in [-0.15, -0.1) is 0 Å². The zero-order chi connectivity index (χ0) is 18.0. The molecule has 0 aromatic carbocycles. The lowest BCUT2D eigenvalue weighted by atomic mass is 10.1. The highest BCUT2D eigenvalue weighted by Gasteiger charge is 2.40. The number of carbonyl (C=O) groups excluding carboxylic acids is 2. The number of piperidine rings is 1. The Morgan fingerprint density at radius 2 is 2.20 bits per heavy atom. The number of carbonyl (C=O) groups is 2. The molecule has 0 aliphatic carbocycles. The van der Waals surface area contributed by atoms with Crippen molar-refractivity contribution >= 4 is 11.8 Å². The Labute approximate surface area is 142 Å². The maximum absolute atomic E-state index is 12.4. The van der Waals surface area contributed by atoms with E-state index in [9.17, 15) is 22.8 Å². The number of nitrogens with zero attached hydrogens (tertiary/aromatic N) is 3. The summed E-state index contributed by atoms with van der Waals surface area (Å²) >= 11 is 0. The van der Waals surface area contributed by atoms with Crippen molar-refractivity contribution in [3.63, 3.8) is 0 Å². The zero-order valence-electron chi connectivity index (χ0n) is 13.6. The van der Waals surface area contributed by atoms with Crippen LogP contribution in [0, 0.1) is 0 Å². The molecule has 0 spiro atoms. The Morgan fingerprint density at radius 1 is 1.40 bits per heavy atom. The monoisotopic (exact) mass is 359 g/mol. The topological polar surface area (TPSA) is 79.3 Å². The van der Waals surface area contributed by atoms with Crippen LogP contribution in [0.1, 0.15) is 35.8 Å². The maximum atomic E-state index is 12.4. The summed E-state index contributed by atoms with van der Waals surface area (Å²) in [5, 5.41) is 9.98. The lowest BCUT2D eigenvalue weighted by Crippen LogP contribution is -2.44. The van der Waals surface area contributed by atoms with Crippen molar-refractivity contribution in [2.45, 2.75) is 37.5 Å². The molecule has 2 unspecified atom stereocenters. The fourth-order valence-electron chi connectivity index (χ4n) is 3.20. The number of hydrogen-bond donors (Lipinski definition) is 2. The van der Waals surface area contributed by atoms with Gasteiger partial charge in [-0.2, -0.15) is 18.3 Å². The molecule has 0 bridgehead atoms. The minimum Gasteiger partial charge on any atom is -0.339 e. The van der Waals surface area contributed by atoms with Crippen LogP contribution in [-0.4, -0.2) is 64.9 Å². The summed E-state index contributed by atoms with van der Waals surface area (Å²) in [6, 6.07) is 0.790. The van der Waals surface area contributed by atoms with E-state index in [1.807, 2.05) is 0 Å². The first-order valence-electron chi connectivity index (χ1n) is 8.26. The van der Waals surface area contributed by atoms with E-state index in [2.05, 4.69) is 15.7 Å². The molecular weight excluding hydrogens is 339 g/mol. The summed E-state index contributed by atoms with van der Waals surface area (Å²) in [5.41, 5.74) is 0.160. The smallest absolute Gasteiger partial charge is 0.339 e. The van der Waals surface area contributed by atoms with Crippen LogP contribution in [0.3, 0.4) is 0 Å². The number of halogens is 3.